The molecule has 0 saturated heterocycles. The maximum absolute atomic E-state index is 9.40. The molecule has 2 aromatic heterocycles. The van der Waals surface area contributed by atoms with Crippen molar-refractivity contribution in [2.24, 2.45) is 7.05 Å². The second kappa shape index (κ2) is 4.23. The lowest BCUT2D eigenvalue weighted by atomic mass is 10.1. The van der Waals surface area contributed by atoms with E-state index in [1.54, 1.807) is 22.2 Å². The maximum Gasteiger partial charge on any atom is 0.101 e. The third-order valence-electron chi connectivity index (χ3n) is 2.83. The SMILES string of the molecule is Cn1nccc1-c1sc2c(Br)cccc2c1C#N. The zero-order valence-electron chi connectivity index (χ0n) is 9.51. The van der Waals surface area contributed by atoms with Gasteiger partial charge in [0.15, 0.2) is 0 Å². The van der Waals surface area contributed by atoms with E-state index in [4.69, 9.17) is 0 Å². The minimum absolute atomic E-state index is 0.722. The summed E-state index contributed by atoms with van der Waals surface area (Å²) in [5.41, 5.74) is 1.69. The van der Waals surface area contributed by atoms with Crippen molar-refractivity contribution >= 4 is 37.4 Å². The Morgan fingerprint density at radius 2 is 2.22 bits per heavy atom. The summed E-state index contributed by atoms with van der Waals surface area (Å²) in [4.78, 5) is 0.972. The van der Waals surface area contributed by atoms with Crippen LogP contribution < -0.4 is 0 Å². The molecule has 0 bridgehead atoms. The summed E-state index contributed by atoms with van der Waals surface area (Å²) >= 11 is 5.15. The van der Waals surface area contributed by atoms with Crippen molar-refractivity contribution in [3.8, 4) is 16.6 Å². The predicted molar refractivity (Wildman–Crippen MR) is 76.4 cm³/mol. The minimum Gasteiger partial charge on any atom is -0.267 e. The standard InChI is InChI=1S/C13H8BrN3S/c1-17-11(5-6-16-17)13-9(7-15)8-3-2-4-10(14)12(8)18-13/h2-6H,1H3. The summed E-state index contributed by atoms with van der Waals surface area (Å²) in [5.74, 6) is 0. The number of nitriles is 1. The fourth-order valence-electron chi connectivity index (χ4n) is 1.97. The zero-order valence-corrected chi connectivity index (χ0v) is 11.9. The number of hydrogen-bond donors (Lipinski definition) is 0. The van der Waals surface area contributed by atoms with Gasteiger partial charge in [-0.25, -0.2) is 0 Å². The van der Waals surface area contributed by atoms with Crippen LogP contribution >= 0.6 is 27.3 Å². The second-order valence-corrected chi connectivity index (χ2v) is 5.75. The van der Waals surface area contributed by atoms with E-state index in [9.17, 15) is 5.26 Å². The first kappa shape index (κ1) is 11.5. The van der Waals surface area contributed by atoms with Crippen molar-refractivity contribution in [2.45, 2.75) is 0 Å². The topological polar surface area (TPSA) is 41.6 Å². The molecule has 2 heterocycles. The number of hydrogen-bond acceptors (Lipinski definition) is 3. The highest BCUT2D eigenvalue weighted by Gasteiger charge is 2.17. The van der Waals surface area contributed by atoms with Crippen molar-refractivity contribution in [3.63, 3.8) is 0 Å². The maximum atomic E-state index is 9.40. The molecule has 18 heavy (non-hydrogen) atoms. The predicted octanol–water partition coefficient (Wildman–Crippen LogP) is 3.94. The molecule has 0 amide bonds. The van der Waals surface area contributed by atoms with E-state index >= 15 is 0 Å². The third-order valence-corrected chi connectivity index (χ3v) is 5.02. The highest BCUT2D eigenvalue weighted by molar-refractivity contribution is 9.10. The monoisotopic (exact) mass is 317 g/mol. The van der Waals surface area contributed by atoms with E-state index in [0.717, 1.165) is 30.7 Å². The Morgan fingerprint density at radius 3 is 2.89 bits per heavy atom. The number of rotatable bonds is 1. The molecule has 0 aliphatic rings. The number of aromatic nitrogens is 2. The molecule has 5 heteroatoms. The highest BCUT2D eigenvalue weighted by Crippen LogP contribution is 2.40. The number of fused-ring (bicyclic) bond motifs is 1. The van der Waals surface area contributed by atoms with Crippen LogP contribution in [-0.4, -0.2) is 9.78 Å². The quantitative estimate of drug-likeness (QED) is 0.682. The molecule has 1 aromatic carbocycles. The van der Waals surface area contributed by atoms with Gasteiger partial charge in [-0.3, -0.25) is 4.68 Å². The average Bonchev–Trinajstić information content (AvgIpc) is 2.92. The van der Waals surface area contributed by atoms with Crippen LogP contribution in [0.2, 0.25) is 0 Å². The van der Waals surface area contributed by atoms with Crippen LogP contribution in [0.4, 0.5) is 0 Å². The summed E-state index contributed by atoms with van der Waals surface area (Å²) in [6.45, 7) is 0. The van der Waals surface area contributed by atoms with Crippen molar-refractivity contribution in [2.75, 3.05) is 0 Å². The van der Waals surface area contributed by atoms with Crippen LogP contribution in [0, 0.1) is 11.3 Å². The molecule has 0 unspecified atom stereocenters. The molecule has 0 saturated carbocycles. The Kier molecular flexibility index (Phi) is 2.69. The summed E-state index contributed by atoms with van der Waals surface area (Å²) in [6, 6.07) is 10.2. The molecular weight excluding hydrogens is 310 g/mol. The number of benzene rings is 1. The number of aryl methyl sites for hydroxylation is 1. The van der Waals surface area contributed by atoms with Crippen LogP contribution in [0.15, 0.2) is 34.9 Å². The first-order valence-electron chi connectivity index (χ1n) is 5.32. The van der Waals surface area contributed by atoms with E-state index in [0.29, 0.717) is 0 Å². The lowest BCUT2D eigenvalue weighted by molar-refractivity contribution is 0.777. The van der Waals surface area contributed by atoms with Gasteiger partial charge in [-0.05, 0) is 28.1 Å². The molecule has 0 fully saturated rings. The fraction of sp³-hybridized carbons (Fsp3) is 0.0769. The summed E-state index contributed by atoms with van der Waals surface area (Å²) in [5, 5.41) is 14.6. The van der Waals surface area contributed by atoms with Gasteiger partial charge >= 0.3 is 0 Å². The van der Waals surface area contributed by atoms with Gasteiger partial charge in [0, 0.05) is 23.1 Å². The van der Waals surface area contributed by atoms with Crippen molar-refractivity contribution in [1.82, 2.24) is 9.78 Å². The van der Waals surface area contributed by atoms with Gasteiger partial charge in [0.05, 0.1) is 20.8 Å². The fourth-order valence-corrected chi connectivity index (χ4v) is 3.79. The summed E-state index contributed by atoms with van der Waals surface area (Å²) in [6.07, 6.45) is 1.75. The van der Waals surface area contributed by atoms with Gasteiger partial charge in [-0.1, -0.05) is 12.1 Å². The molecule has 0 atom stereocenters. The Labute approximate surface area is 116 Å². The summed E-state index contributed by atoms with van der Waals surface area (Å²) < 4.78 is 3.92. The Hall–Kier alpha value is -1.64. The van der Waals surface area contributed by atoms with Crippen molar-refractivity contribution in [3.05, 3.63) is 40.5 Å². The first-order chi connectivity index (χ1) is 8.72. The van der Waals surface area contributed by atoms with Gasteiger partial charge in [-0.15, -0.1) is 11.3 Å². The molecule has 0 spiro atoms. The molecule has 3 aromatic rings. The Morgan fingerprint density at radius 1 is 1.39 bits per heavy atom. The third kappa shape index (κ3) is 1.57. The van der Waals surface area contributed by atoms with Crippen LogP contribution in [-0.2, 0) is 7.05 Å². The van der Waals surface area contributed by atoms with Gasteiger partial charge in [0.1, 0.15) is 6.07 Å². The van der Waals surface area contributed by atoms with E-state index < -0.39 is 0 Å². The Bertz CT molecular complexity index is 779. The average molecular weight is 318 g/mol. The van der Waals surface area contributed by atoms with E-state index in [2.05, 4.69) is 27.1 Å². The number of halogens is 1. The van der Waals surface area contributed by atoms with Gasteiger partial charge in [0.2, 0.25) is 0 Å². The number of nitrogens with zero attached hydrogens (tertiary/aromatic N) is 3. The first-order valence-corrected chi connectivity index (χ1v) is 6.93. The lowest BCUT2D eigenvalue weighted by Gasteiger charge is -1.98. The van der Waals surface area contributed by atoms with Crippen molar-refractivity contribution < 1.29 is 0 Å². The Balaban J connectivity index is 2.41. The molecule has 0 N–H and O–H groups in total. The highest BCUT2D eigenvalue weighted by atomic mass is 79.9. The van der Waals surface area contributed by atoms with Crippen LogP contribution in [0.1, 0.15) is 5.56 Å². The minimum atomic E-state index is 0.722. The van der Waals surface area contributed by atoms with Crippen molar-refractivity contribution in [1.29, 1.82) is 5.26 Å². The van der Waals surface area contributed by atoms with Crippen LogP contribution in [0.3, 0.4) is 0 Å². The normalized spacial score (nSPS) is 10.7. The van der Waals surface area contributed by atoms with E-state index in [1.807, 2.05) is 31.3 Å². The van der Waals surface area contributed by atoms with Crippen LogP contribution in [0.25, 0.3) is 20.7 Å². The molecule has 3 rings (SSSR count). The second-order valence-electron chi connectivity index (χ2n) is 3.87. The lowest BCUT2D eigenvalue weighted by Crippen LogP contribution is -1.92. The molecule has 88 valence electrons. The molecule has 0 radical (unpaired) electrons. The molecular formula is C13H8BrN3S. The van der Waals surface area contributed by atoms with Gasteiger partial charge in [0.25, 0.3) is 0 Å². The van der Waals surface area contributed by atoms with E-state index in [1.165, 1.54) is 0 Å². The molecule has 0 aliphatic carbocycles. The van der Waals surface area contributed by atoms with Gasteiger partial charge in [-0.2, -0.15) is 10.4 Å². The van der Waals surface area contributed by atoms with Crippen LogP contribution in [0.5, 0.6) is 0 Å². The zero-order chi connectivity index (χ0) is 12.7. The van der Waals surface area contributed by atoms with E-state index in [-0.39, 0.29) is 0 Å². The largest absolute Gasteiger partial charge is 0.267 e. The van der Waals surface area contributed by atoms with Gasteiger partial charge < -0.3 is 0 Å². The summed E-state index contributed by atoms with van der Waals surface area (Å²) in [7, 11) is 1.88. The smallest absolute Gasteiger partial charge is 0.101 e. The molecule has 0 aliphatic heterocycles. The number of thiophene rings is 1. The molecule has 3 nitrogen and oxygen atoms in total.